The Balaban J connectivity index is 0.000000322. The molecule has 1 aliphatic carbocycles. The van der Waals surface area contributed by atoms with Gasteiger partial charge in [0, 0.05) is 0 Å². The summed E-state index contributed by atoms with van der Waals surface area (Å²) in [5.74, 6) is 4.29. The minimum absolute atomic E-state index is 0.221. The van der Waals surface area contributed by atoms with Gasteiger partial charge < -0.3 is 24.1 Å². The lowest BCUT2D eigenvalue weighted by atomic mass is 9.87. The Labute approximate surface area is 238 Å². The van der Waals surface area contributed by atoms with Gasteiger partial charge in [0.2, 0.25) is 0 Å². The Bertz CT molecular complexity index is 937. The van der Waals surface area contributed by atoms with Gasteiger partial charge in [0.1, 0.15) is 0 Å². The molecule has 1 aliphatic rings. The first-order chi connectivity index (χ1) is 18.8. The molecule has 220 valence electrons. The van der Waals surface area contributed by atoms with Crippen molar-refractivity contribution in [3.8, 4) is 23.0 Å². The lowest BCUT2D eigenvalue weighted by molar-refractivity contribution is -0.0722. The standard InChI is InChI=1S/C22H36O3.C12H18O2/c1-5-17(3)20-12-13-21(22(16-20)23-6-2)25-18(4)24-15-14-19-10-8-7-9-11-19;1-4-9(3)10-6-7-11(13)12(8-10)14-5-2/h12-13,16-19H,5-11,14-15H2,1-4H3;6-9,13H,4-5H2,1-3H3. The summed E-state index contributed by atoms with van der Waals surface area (Å²) in [5.41, 5.74) is 2.51. The highest BCUT2D eigenvalue weighted by Crippen LogP contribution is 2.33. The number of rotatable bonds is 14. The van der Waals surface area contributed by atoms with Crippen LogP contribution >= 0.6 is 0 Å². The number of ether oxygens (including phenoxy) is 4. The lowest BCUT2D eigenvalue weighted by Crippen LogP contribution is -2.19. The quantitative estimate of drug-likeness (QED) is 0.241. The smallest absolute Gasteiger partial charge is 0.197 e. The third-order valence-electron chi connectivity index (χ3n) is 7.81. The summed E-state index contributed by atoms with van der Waals surface area (Å²) in [6, 6.07) is 11.8. The molecule has 0 amide bonds. The van der Waals surface area contributed by atoms with Crippen molar-refractivity contribution in [2.24, 2.45) is 5.92 Å². The van der Waals surface area contributed by atoms with Crippen LogP contribution < -0.4 is 14.2 Å². The fourth-order valence-electron chi connectivity index (χ4n) is 4.87. The monoisotopic (exact) mass is 542 g/mol. The summed E-state index contributed by atoms with van der Waals surface area (Å²) < 4.78 is 23.0. The van der Waals surface area contributed by atoms with E-state index < -0.39 is 0 Å². The third-order valence-corrected chi connectivity index (χ3v) is 7.81. The van der Waals surface area contributed by atoms with E-state index in [1.54, 1.807) is 6.07 Å². The van der Waals surface area contributed by atoms with E-state index in [0.717, 1.165) is 43.3 Å². The van der Waals surface area contributed by atoms with Crippen molar-refractivity contribution < 1.29 is 24.1 Å². The van der Waals surface area contributed by atoms with E-state index in [1.165, 1.54) is 43.2 Å². The van der Waals surface area contributed by atoms with E-state index in [-0.39, 0.29) is 12.0 Å². The maximum atomic E-state index is 9.50. The number of hydrogen-bond donors (Lipinski definition) is 1. The zero-order chi connectivity index (χ0) is 28.6. The molecular formula is C34H54O5. The molecule has 3 rings (SSSR count). The Morgan fingerprint density at radius 2 is 1.31 bits per heavy atom. The molecule has 5 heteroatoms. The van der Waals surface area contributed by atoms with Crippen LogP contribution in [0.25, 0.3) is 0 Å². The number of benzene rings is 2. The van der Waals surface area contributed by atoms with E-state index in [9.17, 15) is 5.11 Å². The minimum atomic E-state index is -0.253. The van der Waals surface area contributed by atoms with E-state index in [1.807, 2.05) is 39.0 Å². The van der Waals surface area contributed by atoms with Crippen molar-refractivity contribution in [2.45, 2.75) is 118 Å². The van der Waals surface area contributed by atoms with Crippen LogP contribution in [-0.2, 0) is 4.74 Å². The van der Waals surface area contributed by atoms with E-state index in [4.69, 9.17) is 18.9 Å². The molecule has 3 unspecified atom stereocenters. The van der Waals surface area contributed by atoms with E-state index in [0.29, 0.717) is 30.8 Å². The Morgan fingerprint density at radius 3 is 1.90 bits per heavy atom. The molecule has 39 heavy (non-hydrogen) atoms. The summed E-state index contributed by atoms with van der Waals surface area (Å²) in [4.78, 5) is 0. The maximum absolute atomic E-state index is 9.50. The lowest BCUT2D eigenvalue weighted by Gasteiger charge is -2.23. The molecular weight excluding hydrogens is 488 g/mol. The van der Waals surface area contributed by atoms with Gasteiger partial charge in [-0.2, -0.15) is 0 Å². The van der Waals surface area contributed by atoms with Crippen LogP contribution in [0.3, 0.4) is 0 Å². The van der Waals surface area contributed by atoms with Gasteiger partial charge in [0.05, 0.1) is 19.8 Å². The molecule has 1 fully saturated rings. The van der Waals surface area contributed by atoms with Crippen LogP contribution in [-0.4, -0.2) is 31.2 Å². The topological polar surface area (TPSA) is 57.2 Å². The number of phenols is 1. The average molecular weight is 543 g/mol. The predicted molar refractivity (Wildman–Crippen MR) is 162 cm³/mol. The van der Waals surface area contributed by atoms with Gasteiger partial charge in [0.25, 0.3) is 0 Å². The van der Waals surface area contributed by atoms with Crippen molar-refractivity contribution in [1.29, 1.82) is 0 Å². The molecule has 3 atom stereocenters. The second-order valence-electron chi connectivity index (χ2n) is 10.8. The first kappa shape index (κ1) is 32.8. The predicted octanol–water partition coefficient (Wildman–Crippen LogP) is 9.61. The van der Waals surface area contributed by atoms with Crippen molar-refractivity contribution >= 4 is 0 Å². The minimum Gasteiger partial charge on any atom is -0.504 e. The molecule has 0 bridgehead atoms. The largest absolute Gasteiger partial charge is 0.504 e. The van der Waals surface area contributed by atoms with E-state index >= 15 is 0 Å². The normalized spacial score (nSPS) is 16.0. The van der Waals surface area contributed by atoms with Crippen molar-refractivity contribution in [3.05, 3.63) is 47.5 Å². The van der Waals surface area contributed by atoms with Gasteiger partial charge >= 0.3 is 0 Å². The first-order valence-electron chi connectivity index (χ1n) is 15.3. The van der Waals surface area contributed by atoms with Crippen LogP contribution in [0.1, 0.15) is 123 Å². The molecule has 0 aromatic heterocycles. The van der Waals surface area contributed by atoms with Gasteiger partial charge in [0.15, 0.2) is 29.3 Å². The molecule has 2 aromatic carbocycles. The summed E-state index contributed by atoms with van der Waals surface area (Å²) in [5, 5.41) is 9.50. The zero-order valence-corrected chi connectivity index (χ0v) is 25.6. The molecule has 1 saturated carbocycles. The summed E-state index contributed by atoms with van der Waals surface area (Å²) in [6.45, 7) is 16.6. The molecule has 0 heterocycles. The number of aromatic hydroxyl groups is 1. The number of hydrogen-bond acceptors (Lipinski definition) is 5. The SMILES string of the molecule is CCOc1cc(C(C)CC)ccc1O.CCOc1cc(C(C)CC)ccc1OC(C)OCCC1CCCCC1. The Hall–Kier alpha value is -2.40. The molecule has 2 aromatic rings. The highest BCUT2D eigenvalue weighted by atomic mass is 16.7. The van der Waals surface area contributed by atoms with Crippen LogP contribution in [0.15, 0.2) is 36.4 Å². The van der Waals surface area contributed by atoms with Gasteiger partial charge in [-0.3, -0.25) is 0 Å². The summed E-state index contributed by atoms with van der Waals surface area (Å²) in [7, 11) is 0. The fourth-order valence-corrected chi connectivity index (χ4v) is 4.87. The van der Waals surface area contributed by atoms with Gasteiger partial charge in [-0.25, -0.2) is 0 Å². The van der Waals surface area contributed by atoms with Gasteiger partial charge in [-0.15, -0.1) is 0 Å². The highest BCUT2D eigenvalue weighted by Gasteiger charge is 2.16. The summed E-state index contributed by atoms with van der Waals surface area (Å²) in [6.07, 6.45) is 10.0. The maximum Gasteiger partial charge on any atom is 0.197 e. The molecule has 5 nitrogen and oxygen atoms in total. The molecule has 0 spiro atoms. The Kier molecular flexibility index (Phi) is 15.2. The fraction of sp³-hybridized carbons (Fsp3) is 0.647. The van der Waals surface area contributed by atoms with Crippen molar-refractivity contribution in [2.75, 3.05) is 19.8 Å². The van der Waals surface area contributed by atoms with Crippen LogP contribution in [0, 0.1) is 5.92 Å². The molecule has 0 radical (unpaired) electrons. The van der Waals surface area contributed by atoms with Crippen molar-refractivity contribution in [3.63, 3.8) is 0 Å². The van der Waals surface area contributed by atoms with Gasteiger partial charge in [-0.05, 0) is 93.2 Å². The second kappa shape index (κ2) is 18.0. The number of phenolic OH excluding ortho intramolecular Hbond substituents is 1. The highest BCUT2D eigenvalue weighted by molar-refractivity contribution is 5.44. The van der Waals surface area contributed by atoms with Gasteiger partial charge in [-0.1, -0.05) is 71.9 Å². The third kappa shape index (κ3) is 11.3. The second-order valence-corrected chi connectivity index (χ2v) is 10.8. The molecule has 0 aliphatic heterocycles. The zero-order valence-electron chi connectivity index (χ0n) is 25.6. The summed E-state index contributed by atoms with van der Waals surface area (Å²) >= 11 is 0. The molecule has 1 N–H and O–H groups in total. The first-order valence-corrected chi connectivity index (χ1v) is 15.3. The Morgan fingerprint density at radius 1 is 0.744 bits per heavy atom. The van der Waals surface area contributed by atoms with Crippen LogP contribution in [0.2, 0.25) is 0 Å². The van der Waals surface area contributed by atoms with Crippen molar-refractivity contribution in [1.82, 2.24) is 0 Å². The van der Waals surface area contributed by atoms with Crippen LogP contribution in [0.5, 0.6) is 23.0 Å². The van der Waals surface area contributed by atoms with E-state index in [2.05, 4.69) is 39.8 Å². The average Bonchev–Trinajstić information content (AvgIpc) is 2.95. The molecule has 0 saturated heterocycles. The van der Waals surface area contributed by atoms with Crippen LogP contribution in [0.4, 0.5) is 0 Å².